The van der Waals surface area contributed by atoms with E-state index in [0.29, 0.717) is 12.5 Å². The Hall–Kier alpha value is -1.48. The minimum atomic E-state index is 0.421. The van der Waals surface area contributed by atoms with Crippen LogP contribution < -0.4 is 0 Å². The summed E-state index contributed by atoms with van der Waals surface area (Å²) in [6, 6.07) is 0. The van der Waals surface area contributed by atoms with Gasteiger partial charge >= 0.3 is 0 Å². The molecule has 5 heteroatoms. The lowest BCUT2D eigenvalue weighted by atomic mass is 9.81. The largest absolute Gasteiger partial charge is 0.282 e. The summed E-state index contributed by atoms with van der Waals surface area (Å²) in [6.07, 6.45) is 3.72. The Morgan fingerprint density at radius 1 is 1.64 bits per heavy atom. The van der Waals surface area contributed by atoms with Crippen LogP contribution in [-0.2, 0) is 6.54 Å². The van der Waals surface area contributed by atoms with E-state index in [0.717, 1.165) is 17.0 Å². The highest BCUT2D eigenvalue weighted by molar-refractivity contribution is 5.28. The van der Waals surface area contributed by atoms with Crippen LogP contribution in [0.15, 0.2) is 5.11 Å². The van der Waals surface area contributed by atoms with Crippen molar-refractivity contribution >= 4 is 0 Å². The molecule has 1 aliphatic carbocycles. The van der Waals surface area contributed by atoms with Crippen molar-refractivity contribution in [2.45, 2.75) is 38.6 Å². The zero-order valence-electron chi connectivity index (χ0n) is 8.19. The Kier molecular flexibility index (Phi) is 2.41. The van der Waals surface area contributed by atoms with Crippen LogP contribution in [0.3, 0.4) is 0 Å². The molecule has 0 spiro atoms. The van der Waals surface area contributed by atoms with Crippen molar-refractivity contribution in [3.8, 4) is 0 Å². The van der Waals surface area contributed by atoms with Crippen LogP contribution in [0.5, 0.6) is 0 Å². The van der Waals surface area contributed by atoms with Crippen LogP contribution >= 0.6 is 0 Å². The number of H-pyrrole nitrogens is 1. The van der Waals surface area contributed by atoms with Gasteiger partial charge in [-0.1, -0.05) is 11.5 Å². The van der Waals surface area contributed by atoms with Crippen molar-refractivity contribution in [1.82, 2.24) is 10.2 Å². The third kappa shape index (κ3) is 1.46. The number of azide groups is 1. The predicted molar refractivity (Wildman–Crippen MR) is 52.8 cm³/mol. The maximum atomic E-state index is 8.28. The summed E-state index contributed by atoms with van der Waals surface area (Å²) >= 11 is 0. The first-order valence-corrected chi connectivity index (χ1v) is 4.87. The molecule has 1 aromatic rings. The fourth-order valence-corrected chi connectivity index (χ4v) is 1.79. The molecule has 1 fully saturated rings. The summed E-state index contributed by atoms with van der Waals surface area (Å²) in [5, 5.41) is 10.8. The highest BCUT2D eigenvalue weighted by Crippen LogP contribution is 2.37. The Labute approximate surface area is 82.1 Å². The van der Waals surface area contributed by atoms with E-state index < -0.39 is 0 Å². The molecule has 0 saturated heterocycles. The molecule has 1 N–H and O–H groups in total. The van der Waals surface area contributed by atoms with Crippen LogP contribution in [0.2, 0.25) is 0 Å². The predicted octanol–water partition coefficient (Wildman–Crippen LogP) is 2.80. The lowest BCUT2D eigenvalue weighted by Gasteiger charge is -2.24. The number of rotatable bonds is 3. The fraction of sp³-hybridized carbons (Fsp3) is 0.667. The highest BCUT2D eigenvalue weighted by atomic mass is 15.2. The van der Waals surface area contributed by atoms with Gasteiger partial charge < -0.3 is 0 Å². The zero-order chi connectivity index (χ0) is 9.97. The fourth-order valence-electron chi connectivity index (χ4n) is 1.79. The van der Waals surface area contributed by atoms with Gasteiger partial charge in [-0.25, -0.2) is 0 Å². The van der Waals surface area contributed by atoms with Crippen molar-refractivity contribution in [3.63, 3.8) is 0 Å². The quantitative estimate of drug-likeness (QED) is 0.445. The molecule has 2 rings (SSSR count). The molecule has 1 saturated carbocycles. The van der Waals surface area contributed by atoms with Gasteiger partial charge in [0.25, 0.3) is 0 Å². The van der Waals surface area contributed by atoms with Crippen molar-refractivity contribution in [3.05, 3.63) is 27.4 Å². The second-order valence-corrected chi connectivity index (χ2v) is 3.73. The Bertz CT molecular complexity index is 371. The minimum Gasteiger partial charge on any atom is -0.282 e. The molecule has 0 unspecified atom stereocenters. The SMILES string of the molecule is Cc1[nH]nc(C2CCC2)c1CN=[N+]=[N-]. The van der Waals surface area contributed by atoms with E-state index in [1.54, 1.807) is 0 Å². The molecule has 0 atom stereocenters. The summed E-state index contributed by atoms with van der Waals surface area (Å²) in [4.78, 5) is 2.78. The Balaban J connectivity index is 2.25. The van der Waals surface area contributed by atoms with E-state index in [2.05, 4.69) is 20.2 Å². The van der Waals surface area contributed by atoms with Crippen molar-refractivity contribution in [2.75, 3.05) is 0 Å². The maximum absolute atomic E-state index is 8.28. The molecule has 0 aliphatic heterocycles. The maximum Gasteiger partial charge on any atom is 0.0688 e. The van der Waals surface area contributed by atoms with Crippen LogP contribution in [0.4, 0.5) is 0 Å². The third-order valence-electron chi connectivity index (χ3n) is 2.89. The molecule has 0 aromatic carbocycles. The van der Waals surface area contributed by atoms with E-state index in [9.17, 15) is 0 Å². The molecule has 1 aliphatic rings. The molecule has 0 radical (unpaired) electrons. The van der Waals surface area contributed by atoms with E-state index in [1.807, 2.05) is 6.92 Å². The third-order valence-corrected chi connectivity index (χ3v) is 2.89. The van der Waals surface area contributed by atoms with E-state index in [4.69, 9.17) is 5.53 Å². The first-order chi connectivity index (χ1) is 6.83. The normalized spacial score (nSPS) is 16.1. The molecule has 1 aromatic heterocycles. The molecule has 74 valence electrons. The molecule has 5 nitrogen and oxygen atoms in total. The summed E-state index contributed by atoms with van der Waals surface area (Å²) in [5.41, 5.74) is 11.5. The van der Waals surface area contributed by atoms with Crippen LogP contribution in [0.25, 0.3) is 10.4 Å². The average molecular weight is 191 g/mol. The van der Waals surface area contributed by atoms with Crippen molar-refractivity contribution < 1.29 is 0 Å². The molecule has 0 bridgehead atoms. The number of hydrogen-bond donors (Lipinski definition) is 1. The standard InChI is InChI=1S/C9H13N5/c1-6-8(5-11-14-10)9(13-12-6)7-3-2-4-7/h7H,2-5H2,1H3,(H,12,13). The topological polar surface area (TPSA) is 77.4 Å². The number of hydrogen-bond acceptors (Lipinski definition) is 2. The van der Waals surface area contributed by atoms with E-state index >= 15 is 0 Å². The average Bonchev–Trinajstić information content (AvgIpc) is 2.42. The van der Waals surface area contributed by atoms with Crippen LogP contribution in [0.1, 0.15) is 42.1 Å². The van der Waals surface area contributed by atoms with Gasteiger partial charge in [0, 0.05) is 22.1 Å². The molecule has 14 heavy (non-hydrogen) atoms. The van der Waals surface area contributed by atoms with Gasteiger partial charge in [-0.3, -0.25) is 5.10 Å². The first-order valence-electron chi connectivity index (χ1n) is 4.87. The lowest BCUT2D eigenvalue weighted by molar-refractivity contribution is 0.408. The second kappa shape index (κ2) is 3.72. The van der Waals surface area contributed by atoms with Gasteiger partial charge in [0.15, 0.2) is 0 Å². The van der Waals surface area contributed by atoms with Crippen molar-refractivity contribution in [1.29, 1.82) is 0 Å². The smallest absolute Gasteiger partial charge is 0.0688 e. The number of nitrogens with zero attached hydrogens (tertiary/aromatic N) is 4. The Morgan fingerprint density at radius 2 is 2.43 bits per heavy atom. The molecule has 0 amide bonds. The zero-order valence-corrected chi connectivity index (χ0v) is 8.19. The summed E-state index contributed by atoms with van der Waals surface area (Å²) in [6.45, 7) is 2.39. The van der Waals surface area contributed by atoms with Crippen molar-refractivity contribution in [2.24, 2.45) is 5.11 Å². The lowest BCUT2D eigenvalue weighted by Crippen LogP contribution is -2.11. The number of aromatic amines is 1. The van der Waals surface area contributed by atoms with Crippen LogP contribution in [0, 0.1) is 6.92 Å². The number of aromatic nitrogens is 2. The van der Waals surface area contributed by atoms with Crippen LogP contribution in [-0.4, -0.2) is 10.2 Å². The first kappa shape index (κ1) is 9.09. The summed E-state index contributed by atoms with van der Waals surface area (Å²) in [5.74, 6) is 0.587. The van der Waals surface area contributed by atoms with Gasteiger partial charge in [-0.05, 0) is 25.3 Å². The highest BCUT2D eigenvalue weighted by Gasteiger charge is 2.25. The van der Waals surface area contributed by atoms with Gasteiger partial charge in [0.2, 0.25) is 0 Å². The summed E-state index contributed by atoms with van der Waals surface area (Å²) < 4.78 is 0. The van der Waals surface area contributed by atoms with E-state index in [-0.39, 0.29) is 0 Å². The van der Waals surface area contributed by atoms with Gasteiger partial charge in [0.05, 0.1) is 12.2 Å². The van der Waals surface area contributed by atoms with E-state index in [1.165, 1.54) is 19.3 Å². The monoisotopic (exact) mass is 191 g/mol. The Morgan fingerprint density at radius 3 is 3.00 bits per heavy atom. The number of aryl methyl sites for hydroxylation is 1. The minimum absolute atomic E-state index is 0.421. The van der Waals surface area contributed by atoms with Gasteiger partial charge in [-0.2, -0.15) is 5.10 Å². The molecular formula is C9H13N5. The van der Waals surface area contributed by atoms with Gasteiger partial charge in [0.1, 0.15) is 0 Å². The molecule has 1 heterocycles. The number of nitrogens with one attached hydrogen (secondary N) is 1. The molecular weight excluding hydrogens is 178 g/mol. The van der Waals surface area contributed by atoms with Gasteiger partial charge in [-0.15, -0.1) is 0 Å². The summed E-state index contributed by atoms with van der Waals surface area (Å²) in [7, 11) is 0. The second-order valence-electron chi connectivity index (χ2n) is 3.73.